The van der Waals surface area contributed by atoms with Crippen LogP contribution in [0.1, 0.15) is 43.4 Å². The first-order valence-corrected chi connectivity index (χ1v) is 16.6. The zero-order valence-corrected chi connectivity index (χ0v) is 26.8. The molecule has 3 aromatic carbocycles. The average Bonchev–Trinajstić information content (AvgIpc) is 2.93. The van der Waals surface area contributed by atoms with E-state index < -0.39 is 16.1 Å². The van der Waals surface area contributed by atoms with Crippen LogP contribution in [0.15, 0.2) is 72.8 Å². The molecule has 0 aliphatic rings. The molecule has 0 saturated carbocycles. The summed E-state index contributed by atoms with van der Waals surface area (Å²) in [6.45, 7) is 6.52. The number of hydrogen-bond donors (Lipinski definition) is 1. The first kappa shape index (κ1) is 33.4. The van der Waals surface area contributed by atoms with Gasteiger partial charge in [-0.1, -0.05) is 91.1 Å². The fourth-order valence-corrected chi connectivity index (χ4v) is 6.03. The molecule has 42 heavy (non-hydrogen) atoms. The van der Waals surface area contributed by atoms with Crippen molar-refractivity contribution < 1.29 is 18.0 Å². The van der Waals surface area contributed by atoms with Crippen LogP contribution in [0.25, 0.3) is 0 Å². The maximum absolute atomic E-state index is 13.9. The Hall–Kier alpha value is -3.07. The number of sulfonamides is 1. The van der Waals surface area contributed by atoms with Crippen molar-refractivity contribution in [2.24, 2.45) is 5.92 Å². The van der Waals surface area contributed by atoms with E-state index in [1.807, 2.05) is 63.2 Å². The van der Waals surface area contributed by atoms with Crippen LogP contribution in [-0.4, -0.2) is 50.5 Å². The van der Waals surface area contributed by atoms with Gasteiger partial charge in [0.15, 0.2) is 0 Å². The standard InChI is InChI=1S/C32H39Cl2N3O4S/c1-23(2)21-35-32(39)30(20-25-10-6-5-7-11-25)36(22-27-28(33)12-8-13-29(27)34)31(38)14-9-19-37(42(4,40)41)26-17-15-24(3)16-18-26/h5-8,10-13,15-18,23,30H,9,14,19-22H2,1-4H3,(H,35,39)/t30-/m1/s1. The van der Waals surface area contributed by atoms with Gasteiger partial charge in [0, 0.05) is 48.1 Å². The smallest absolute Gasteiger partial charge is 0.243 e. The maximum Gasteiger partial charge on any atom is 0.243 e. The second kappa shape index (κ2) is 15.4. The number of nitrogens with one attached hydrogen (secondary N) is 1. The summed E-state index contributed by atoms with van der Waals surface area (Å²) >= 11 is 13.0. The molecule has 0 saturated heterocycles. The Morgan fingerprint density at radius 2 is 1.52 bits per heavy atom. The summed E-state index contributed by atoms with van der Waals surface area (Å²) in [6.07, 6.45) is 1.70. The summed E-state index contributed by atoms with van der Waals surface area (Å²) in [5, 5.41) is 3.77. The van der Waals surface area contributed by atoms with Crippen molar-refractivity contribution in [1.29, 1.82) is 0 Å². The summed E-state index contributed by atoms with van der Waals surface area (Å²) < 4.78 is 26.5. The van der Waals surface area contributed by atoms with Gasteiger partial charge in [-0.25, -0.2) is 8.42 Å². The molecule has 10 heteroatoms. The van der Waals surface area contributed by atoms with E-state index in [1.165, 1.54) is 9.21 Å². The minimum absolute atomic E-state index is 0.0166. The molecule has 226 valence electrons. The second-order valence-corrected chi connectivity index (χ2v) is 13.6. The maximum atomic E-state index is 13.9. The van der Waals surface area contributed by atoms with E-state index in [0.29, 0.717) is 27.8 Å². The Balaban J connectivity index is 1.92. The highest BCUT2D eigenvalue weighted by atomic mass is 35.5. The molecule has 1 N–H and O–H groups in total. The van der Waals surface area contributed by atoms with Crippen LogP contribution in [0.4, 0.5) is 5.69 Å². The molecule has 0 fully saturated rings. The summed E-state index contributed by atoms with van der Waals surface area (Å²) in [5.74, 6) is -0.359. The van der Waals surface area contributed by atoms with Crippen molar-refractivity contribution in [2.75, 3.05) is 23.7 Å². The molecule has 2 amide bonds. The molecule has 0 unspecified atom stereocenters. The largest absolute Gasteiger partial charge is 0.354 e. The van der Waals surface area contributed by atoms with E-state index in [-0.39, 0.29) is 50.1 Å². The fourth-order valence-electron chi connectivity index (χ4n) is 4.55. The number of amides is 2. The zero-order valence-electron chi connectivity index (χ0n) is 24.5. The molecular weight excluding hydrogens is 593 g/mol. The number of nitrogens with zero attached hydrogens (tertiary/aromatic N) is 2. The van der Waals surface area contributed by atoms with Gasteiger partial charge in [-0.3, -0.25) is 13.9 Å². The van der Waals surface area contributed by atoms with E-state index in [4.69, 9.17) is 23.2 Å². The summed E-state index contributed by atoms with van der Waals surface area (Å²) in [5.41, 5.74) is 2.98. The number of rotatable bonds is 14. The van der Waals surface area contributed by atoms with Crippen molar-refractivity contribution in [3.63, 3.8) is 0 Å². The number of aryl methyl sites for hydroxylation is 1. The first-order valence-electron chi connectivity index (χ1n) is 13.9. The topological polar surface area (TPSA) is 86.8 Å². The van der Waals surface area contributed by atoms with Gasteiger partial charge in [0.25, 0.3) is 0 Å². The van der Waals surface area contributed by atoms with Crippen molar-refractivity contribution in [2.45, 2.75) is 52.6 Å². The fraction of sp³-hybridized carbons (Fsp3) is 0.375. The molecule has 0 aliphatic carbocycles. The molecule has 0 aliphatic heterocycles. The Morgan fingerprint density at radius 3 is 2.10 bits per heavy atom. The third kappa shape index (κ3) is 9.75. The molecule has 3 aromatic rings. The predicted molar refractivity (Wildman–Crippen MR) is 171 cm³/mol. The lowest BCUT2D eigenvalue weighted by molar-refractivity contribution is -0.141. The second-order valence-electron chi connectivity index (χ2n) is 10.8. The van der Waals surface area contributed by atoms with E-state index in [0.717, 1.165) is 17.4 Å². The highest BCUT2D eigenvalue weighted by molar-refractivity contribution is 7.92. The van der Waals surface area contributed by atoms with Gasteiger partial charge >= 0.3 is 0 Å². The number of benzene rings is 3. The van der Waals surface area contributed by atoms with Gasteiger partial charge in [0.05, 0.1) is 11.9 Å². The normalized spacial score (nSPS) is 12.2. The van der Waals surface area contributed by atoms with E-state index in [1.54, 1.807) is 30.3 Å². The average molecular weight is 633 g/mol. The molecule has 3 rings (SSSR count). The van der Waals surface area contributed by atoms with Crippen molar-refractivity contribution >= 4 is 50.7 Å². The number of halogens is 2. The van der Waals surface area contributed by atoms with E-state index >= 15 is 0 Å². The van der Waals surface area contributed by atoms with Crippen molar-refractivity contribution in [3.05, 3.63) is 99.5 Å². The Bertz CT molecular complexity index is 1430. The molecule has 0 heterocycles. The molecule has 0 aromatic heterocycles. The van der Waals surface area contributed by atoms with Crippen molar-refractivity contribution in [3.8, 4) is 0 Å². The molecule has 0 radical (unpaired) electrons. The van der Waals surface area contributed by atoms with Crippen molar-refractivity contribution in [1.82, 2.24) is 10.2 Å². The van der Waals surface area contributed by atoms with Crippen LogP contribution in [0.5, 0.6) is 0 Å². The molecule has 1 atom stereocenters. The predicted octanol–water partition coefficient (Wildman–Crippen LogP) is 6.26. The number of carbonyl (C=O) groups excluding carboxylic acids is 2. The Labute approximate surface area is 259 Å². The van der Waals surface area contributed by atoms with Gasteiger partial charge in [-0.15, -0.1) is 0 Å². The Kier molecular flexibility index (Phi) is 12.3. The van der Waals surface area contributed by atoms with Crippen LogP contribution in [0.3, 0.4) is 0 Å². The van der Waals surface area contributed by atoms with Crippen LogP contribution in [-0.2, 0) is 32.6 Å². The van der Waals surface area contributed by atoms with Gasteiger partial charge in [0.2, 0.25) is 21.8 Å². The summed E-state index contributed by atoms with van der Waals surface area (Å²) in [4.78, 5) is 29.1. The molecule has 7 nitrogen and oxygen atoms in total. The van der Waals surface area contributed by atoms with E-state index in [2.05, 4.69) is 5.32 Å². The van der Waals surface area contributed by atoms with Crippen LogP contribution >= 0.6 is 23.2 Å². The lowest BCUT2D eigenvalue weighted by Gasteiger charge is -2.32. The third-order valence-corrected chi connectivity index (χ3v) is 8.72. The number of anilines is 1. The van der Waals surface area contributed by atoms with Crippen LogP contribution in [0.2, 0.25) is 10.0 Å². The highest BCUT2D eigenvalue weighted by Gasteiger charge is 2.31. The zero-order chi connectivity index (χ0) is 30.9. The lowest BCUT2D eigenvalue weighted by Crippen LogP contribution is -2.51. The SMILES string of the molecule is Cc1ccc(N(CCCC(=O)N(Cc2c(Cl)cccc2Cl)[C@H](Cc2ccccc2)C(=O)NCC(C)C)S(C)(=O)=O)cc1. The highest BCUT2D eigenvalue weighted by Crippen LogP contribution is 2.28. The minimum Gasteiger partial charge on any atom is -0.354 e. The molecule has 0 bridgehead atoms. The number of carbonyl (C=O) groups is 2. The lowest BCUT2D eigenvalue weighted by atomic mass is 10.0. The first-order chi connectivity index (χ1) is 19.9. The van der Waals surface area contributed by atoms with E-state index in [9.17, 15) is 18.0 Å². The van der Waals surface area contributed by atoms with Crippen LogP contribution < -0.4 is 9.62 Å². The van der Waals surface area contributed by atoms with Crippen LogP contribution in [0, 0.1) is 12.8 Å². The number of hydrogen-bond acceptors (Lipinski definition) is 4. The Morgan fingerprint density at radius 1 is 0.905 bits per heavy atom. The molecule has 0 spiro atoms. The van der Waals surface area contributed by atoms with Gasteiger partial charge in [-0.2, -0.15) is 0 Å². The molecular formula is C32H39Cl2N3O4S. The minimum atomic E-state index is -3.59. The quantitative estimate of drug-likeness (QED) is 0.227. The monoisotopic (exact) mass is 631 g/mol. The van der Waals surface area contributed by atoms with Gasteiger partial charge in [-0.05, 0) is 49.1 Å². The van der Waals surface area contributed by atoms with Gasteiger partial charge < -0.3 is 10.2 Å². The third-order valence-electron chi connectivity index (χ3n) is 6.82. The summed E-state index contributed by atoms with van der Waals surface area (Å²) in [6, 6.07) is 21.0. The summed E-state index contributed by atoms with van der Waals surface area (Å²) in [7, 11) is -3.59. The van der Waals surface area contributed by atoms with Gasteiger partial charge in [0.1, 0.15) is 6.04 Å².